The SMILES string of the molecule is C[C@@H]1COCCN1c1cc(OC(F)F)c2ccnc(-c3ccn[nH]3)c2n1. The third-order valence-corrected chi connectivity index (χ3v) is 4.31. The van der Waals surface area contributed by atoms with Crippen LogP contribution in [-0.4, -0.2) is 52.6 Å². The van der Waals surface area contributed by atoms with E-state index in [9.17, 15) is 8.78 Å². The first-order chi connectivity index (χ1) is 12.6. The summed E-state index contributed by atoms with van der Waals surface area (Å²) in [7, 11) is 0. The lowest BCUT2D eigenvalue weighted by molar-refractivity contribution is -0.0488. The highest BCUT2D eigenvalue weighted by atomic mass is 19.3. The molecule has 4 rings (SSSR count). The second kappa shape index (κ2) is 6.83. The zero-order valence-electron chi connectivity index (χ0n) is 14.0. The Kier molecular flexibility index (Phi) is 4.37. The Bertz CT molecular complexity index is 904. The third-order valence-electron chi connectivity index (χ3n) is 4.31. The van der Waals surface area contributed by atoms with E-state index in [1.54, 1.807) is 24.4 Å². The predicted molar refractivity (Wildman–Crippen MR) is 91.4 cm³/mol. The van der Waals surface area contributed by atoms with Gasteiger partial charge in [0.05, 0.1) is 24.9 Å². The number of hydrogen-bond donors (Lipinski definition) is 1. The van der Waals surface area contributed by atoms with E-state index in [1.165, 1.54) is 6.20 Å². The van der Waals surface area contributed by atoms with Crippen molar-refractivity contribution in [2.75, 3.05) is 24.7 Å². The summed E-state index contributed by atoms with van der Waals surface area (Å²) >= 11 is 0. The molecule has 0 saturated carbocycles. The van der Waals surface area contributed by atoms with Gasteiger partial charge < -0.3 is 14.4 Å². The van der Waals surface area contributed by atoms with Crippen molar-refractivity contribution in [1.29, 1.82) is 0 Å². The average molecular weight is 361 g/mol. The Balaban J connectivity index is 1.91. The third kappa shape index (κ3) is 3.05. The number of hydrogen-bond acceptors (Lipinski definition) is 6. The van der Waals surface area contributed by atoms with Crippen molar-refractivity contribution >= 4 is 16.7 Å². The van der Waals surface area contributed by atoms with Crippen molar-refractivity contribution < 1.29 is 18.3 Å². The van der Waals surface area contributed by atoms with Crippen molar-refractivity contribution in [2.45, 2.75) is 19.6 Å². The van der Waals surface area contributed by atoms with Crippen LogP contribution in [0.15, 0.2) is 30.6 Å². The van der Waals surface area contributed by atoms with E-state index >= 15 is 0 Å². The zero-order chi connectivity index (χ0) is 18.1. The first-order valence-corrected chi connectivity index (χ1v) is 8.22. The highest BCUT2D eigenvalue weighted by Gasteiger charge is 2.23. The van der Waals surface area contributed by atoms with Crippen LogP contribution in [0.4, 0.5) is 14.6 Å². The Labute approximate surface area is 148 Å². The average Bonchev–Trinajstić information content (AvgIpc) is 3.15. The zero-order valence-corrected chi connectivity index (χ0v) is 14.0. The lowest BCUT2D eigenvalue weighted by Crippen LogP contribution is -2.44. The molecule has 0 aromatic carbocycles. The van der Waals surface area contributed by atoms with Crippen molar-refractivity contribution in [2.24, 2.45) is 0 Å². The maximum Gasteiger partial charge on any atom is 0.387 e. The number of aromatic nitrogens is 4. The number of fused-ring (bicyclic) bond motifs is 1. The van der Waals surface area contributed by atoms with E-state index in [0.29, 0.717) is 47.9 Å². The van der Waals surface area contributed by atoms with Gasteiger partial charge in [0.1, 0.15) is 22.8 Å². The van der Waals surface area contributed by atoms with Gasteiger partial charge in [0.2, 0.25) is 0 Å². The summed E-state index contributed by atoms with van der Waals surface area (Å²) in [5.41, 5.74) is 1.66. The van der Waals surface area contributed by atoms with Crippen molar-refractivity contribution in [1.82, 2.24) is 20.2 Å². The summed E-state index contributed by atoms with van der Waals surface area (Å²) in [5, 5.41) is 7.24. The van der Waals surface area contributed by atoms with Gasteiger partial charge in [-0.25, -0.2) is 4.98 Å². The molecule has 0 bridgehead atoms. The highest BCUT2D eigenvalue weighted by molar-refractivity contribution is 5.95. The number of ether oxygens (including phenoxy) is 2. The number of halogens is 2. The minimum atomic E-state index is -2.93. The lowest BCUT2D eigenvalue weighted by Gasteiger charge is -2.34. The molecule has 1 fully saturated rings. The fraction of sp³-hybridized carbons (Fsp3) is 0.353. The molecule has 0 radical (unpaired) electrons. The summed E-state index contributed by atoms with van der Waals surface area (Å²) in [6.45, 7) is 0.783. The van der Waals surface area contributed by atoms with Crippen LogP contribution in [0.2, 0.25) is 0 Å². The second-order valence-corrected chi connectivity index (χ2v) is 6.00. The smallest absolute Gasteiger partial charge is 0.387 e. The molecule has 3 aromatic rings. The van der Waals surface area contributed by atoms with Gasteiger partial charge in [-0.05, 0) is 19.1 Å². The molecule has 1 N–H and O–H groups in total. The molecule has 26 heavy (non-hydrogen) atoms. The molecular formula is C17H17F2N5O2. The largest absolute Gasteiger partial charge is 0.434 e. The van der Waals surface area contributed by atoms with Crippen molar-refractivity contribution in [3.05, 3.63) is 30.6 Å². The number of aromatic amines is 1. The molecule has 0 unspecified atom stereocenters. The Morgan fingerprint density at radius 3 is 2.96 bits per heavy atom. The van der Waals surface area contributed by atoms with Crippen LogP contribution in [0.1, 0.15) is 6.92 Å². The highest BCUT2D eigenvalue weighted by Crippen LogP contribution is 2.34. The van der Waals surface area contributed by atoms with E-state index in [4.69, 9.17) is 14.5 Å². The van der Waals surface area contributed by atoms with Gasteiger partial charge in [-0.2, -0.15) is 13.9 Å². The summed E-state index contributed by atoms with van der Waals surface area (Å²) in [4.78, 5) is 11.1. The molecule has 1 saturated heterocycles. The van der Waals surface area contributed by atoms with Crippen LogP contribution < -0.4 is 9.64 Å². The molecule has 7 nitrogen and oxygen atoms in total. The standard InChI is InChI=1S/C17H17F2N5O2/c1-10-9-25-7-6-24(10)14-8-13(26-17(18)19)11-2-4-20-16(15(11)22-14)12-3-5-21-23-12/h2-5,8,10,17H,6-7,9H2,1H3,(H,21,23)/t10-/m1/s1. The quantitative estimate of drug-likeness (QED) is 0.770. The number of rotatable bonds is 4. The summed E-state index contributed by atoms with van der Waals surface area (Å²) < 4.78 is 36.2. The molecule has 0 spiro atoms. The van der Waals surface area contributed by atoms with Crippen LogP contribution in [0, 0.1) is 0 Å². The van der Waals surface area contributed by atoms with Gasteiger partial charge >= 0.3 is 6.61 Å². The van der Waals surface area contributed by atoms with Crippen molar-refractivity contribution in [3.63, 3.8) is 0 Å². The second-order valence-electron chi connectivity index (χ2n) is 6.00. The minimum Gasteiger partial charge on any atom is -0.434 e. The van der Waals surface area contributed by atoms with Crippen LogP contribution in [0.25, 0.3) is 22.3 Å². The van der Waals surface area contributed by atoms with Crippen molar-refractivity contribution in [3.8, 4) is 17.1 Å². The van der Waals surface area contributed by atoms with Gasteiger partial charge in [0, 0.05) is 30.4 Å². The maximum absolute atomic E-state index is 13.0. The molecule has 1 aliphatic heterocycles. The van der Waals surface area contributed by atoms with Crippen LogP contribution in [0.5, 0.6) is 5.75 Å². The van der Waals surface area contributed by atoms with Crippen LogP contribution in [0.3, 0.4) is 0 Å². The number of anilines is 1. The number of alkyl halides is 2. The van der Waals surface area contributed by atoms with Gasteiger partial charge in [-0.15, -0.1) is 0 Å². The topological polar surface area (TPSA) is 76.2 Å². The number of nitrogens with one attached hydrogen (secondary N) is 1. The molecule has 9 heteroatoms. The first-order valence-electron chi connectivity index (χ1n) is 8.22. The molecule has 4 heterocycles. The summed E-state index contributed by atoms with van der Waals surface area (Å²) in [6.07, 6.45) is 3.13. The molecule has 136 valence electrons. The summed E-state index contributed by atoms with van der Waals surface area (Å²) in [5.74, 6) is 0.625. The monoisotopic (exact) mass is 361 g/mol. The normalized spacial score (nSPS) is 17.8. The molecular weight excluding hydrogens is 344 g/mol. The summed E-state index contributed by atoms with van der Waals surface area (Å²) in [6, 6.07) is 4.99. The van der Waals surface area contributed by atoms with E-state index in [2.05, 4.69) is 15.2 Å². The number of morpholine rings is 1. The van der Waals surface area contributed by atoms with Gasteiger partial charge in [-0.3, -0.25) is 10.1 Å². The Morgan fingerprint density at radius 1 is 1.35 bits per heavy atom. The van der Waals surface area contributed by atoms with Crippen LogP contribution in [-0.2, 0) is 4.74 Å². The predicted octanol–water partition coefficient (Wildman–Crippen LogP) is 2.85. The fourth-order valence-electron chi connectivity index (χ4n) is 3.10. The number of nitrogens with zero attached hydrogens (tertiary/aromatic N) is 4. The lowest BCUT2D eigenvalue weighted by atomic mass is 10.1. The maximum atomic E-state index is 13.0. The molecule has 0 aliphatic carbocycles. The van der Waals surface area contributed by atoms with E-state index in [-0.39, 0.29) is 11.8 Å². The Morgan fingerprint density at radius 2 is 2.23 bits per heavy atom. The molecule has 1 aliphatic rings. The number of H-pyrrole nitrogens is 1. The van der Waals surface area contributed by atoms with E-state index in [0.717, 1.165) is 0 Å². The number of pyridine rings is 2. The van der Waals surface area contributed by atoms with Gasteiger partial charge in [0.25, 0.3) is 0 Å². The van der Waals surface area contributed by atoms with Gasteiger partial charge in [-0.1, -0.05) is 0 Å². The minimum absolute atomic E-state index is 0.0698. The molecule has 0 amide bonds. The molecule has 3 aromatic heterocycles. The fourth-order valence-corrected chi connectivity index (χ4v) is 3.10. The molecule has 1 atom stereocenters. The van der Waals surface area contributed by atoms with E-state index < -0.39 is 6.61 Å². The first kappa shape index (κ1) is 16.6. The van der Waals surface area contributed by atoms with Gasteiger partial charge in [0.15, 0.2) is 0 Å². The van der Waals surface area contributed by atoms with Crippen LogP contribution >= 0.6 is 0 Å². The van der Waals surface area contributed by atoms with E-state index in [1.807, 2.05) is 11.8 Å². The Hall–Kier alpha value is -2.81.